The van der Waals surface area contributed by atoms with E-state index in [2.05, 4.69) is 13.8 Å². The summed E-state index contributed by atoms with van der Waals surface area (Å²) in [4.78, 5) is 0. The normalized spacial score (nSPS) is 10.5. The molecule has 0 atom stereocenters. The van der Waals surface area contributed by atoms with Crippen LogP contribution < -0.4 is 9.47 Å². The first-order valence-corrected chi connectivity index (χ1v) is 5.56. The molecule has 0 bridgehead atoms. The second-order valence-electron chi connectivity index (χ2n) is 3.81. The van der Waals surface area contributed by atoms with Gasteiger partial charge >= 0.3 is 0 Å². The van der Waals surface area contributed by atoms with Crippen molar-refractivity contribution in [2.24, 2.45) is 5.92 Å². The molecule has 0 saturated heterocycles. The topological polar surface area (TPSA) is 18.5 Å². The van der Waals surface area contributed by atoms with Crippen molar-refractivity contribution in [3.8, 4) is 11.5 Å². The molecule has 15 heavy (non-hydrogen) atoms. The van der Waals surface area contributed by atoms with Crippen molar-refractivity contribution in [2.45, 2.75) is 19.7 Å². The van der Waals surface area contributed by atoms with E-state index in [0.29, 0.717) is 18.4 Å². The fourth-order valence-electron chi connectivity index (χ4n) is 1.16. The number of alkyl halides is 1. The molecule has 3 heteroatoms. The molecule has 0 N–H and O–H groups in total. The van der Waals surface area contributed by atoms with Crippen LogP contribution >= 0.6 is 11.6 Å². The molecule has 0 spiro atoms. The number of ether oxygens (including phenoxy) is 2. The van der Waals surface area contributed by atoms with Gasteiger partial charge in [-0.15, -0.1) is 11.6 Å². The molecule has 2 nitrogen and oxygen atoms in total. The van der Waals surface area contributed by atoms with Gasteiger partial charge in [0.25, 0.3) is 0 Å². The van der Waals surface area contributed by atoms with Crippen LogP contribution in [-0.2, 0) is 5.88 Å². The molecule has 0 saturated carbocycles. The molecule has 0 radical (unpaired) electrons. The van der Waals surface area contributed by atoms with E-state index in [4.69, 9.17) is 21.1 Å². The van der Waals surface area contributed by atoms with Crippen molar-refractivity contribution in [3.63, 3.8) is 0 Å². The van der Waals surface area contributed by atoms with E-state index in [1.54, 1.807) is 7.11 Å². The van der Waals surface area contributed by atoms with E-state index < -0.39 is 0 Å². The fraction of sp³-hybridized carbons (Fsp3) is 0.500. The van der Waals surface area contributed by atoms with Gasteiger partial charge in [0.15, 0.2) is 0 Å². The Bertz CT molecular complexity index is 310. The van der Waals surface area contributed by atoms with Crippen LogP contribution in [0.25, 0.3) is 0 Å². The largest absolute Gasteiger partial charge is 0.497 e. The molecule has 0 aromatic heterocycles. The Morgan fingerprint density at radius 3 is 2.60 bits per heavy atom. The standard InChI is InChI=1S/C12H17ClO2/c1-9(2)8-15-12-6-11(14-3)5-4-10(12)7-13/h4-6,9H,7-8H2,1-3H3. The van der Waals surface area contributed by atoms with Gasteiger partial charge < -0.3 is 9.47 Å². The SMILES string of the molecule is COc1ccc(CCl)c(OCC(C)C)c1. The van der Waals surface area contributed by atoms with Gasteiger partial charge in [0.2, 0.25) is 0 Å². The molecule has 1 aromatic carbocycles. The Morgan fingerprint density at radius 2 is 2.07 bits per heavy atom. The van der Waals surface area contributed by atoms with E-state index in [1.165, 1.54) is 0 Å². The van der Waals surface area contributed by atoms with Crippen LogP contribution in [0.1, 0.15) is 19.4 Å². The summed E-state index contributed by atoms with van der Waals surface area (Å²) in [5.74, 6) is 2.57. The van der Waals surface area contributed by atoms with Crippen molar-refractivity contribution in [1.82, 2.24) is 0 Å². The molecule has 0 aliphatic rings. The fourth-order valence-corrected chi connectivity index (χ4v) is 1.38. The summed E-state index contributed by atoms with van der Waals surface area (Å²) in [7, 11) is 1.64. The third-order valence-corrected chi connectivity index (χ3v) is 2.28. The summed E-state index contributed by atoms with van der Waals surface area (Å²) in [6.07, 6.45) is 0. The van der Waals surface area contributed by atoms with Crippen LogP contribution in [0.4, 0.5) is 0 Å². The van der Waals surface area contributed by atoms with Crippen molar-refractivity contribution in [1.29, 1.82) is 0 Å². The third-order valence-electron chi connectivity index (χ3n) is 1.99. The summed E-state index contributed by atoms with van der Waals surface area (Å²) in [5, 5.41) is 0. The Hall–Kier alpha value is -0.890. The van der Waals surface area contributed by atoms with E-state index in [1.807, 2.05) is 18.2 Å². The van der Waals surface area contributed by atoms with Crippen LogP contribution in [-0.4, -0.2) is 13.7 Å². The minimum absolute atomic E-state index is 0.456. The lowest BCUT2D eigenvalue weighted by Crippen LogP contribution is -2.06. The zero-order valence-corrected chi connectivity index (χ0v) is 10.2. The second kappa shape index (κ2) is 5.86. The molecule has 0 aliphatic heterocycles. The van der Waals surface area contributed by atoms with E-state index in [9.17, 15) is 0 Å². The summed E-state index contributed by atoms with van der Waals surface area (Å²) in [6, 6.07) is 5.70. The minimum atomic E-state index is 0.456. The Kier molecular flexibility index (Phi) is 4.76. The highest BCUT2D eigenvalue weighted by Crippen LogP contribution is 2.26. The molecule has 0 unspecified atom stereocenters. The highest BCUT2D eigenvalue weighted by atomic mass is 35.5. The maximum absolute atomic E-state index is 5.82. The van der Waals surface area contributed by atoms with Crippen LogP contribution in [0.3, 0.4) is 0 Å². The van der Waals surface area contributed by atoms with Crippen molar-refractivity contribution in [3.05, 3.63) is 23.8 Å². The average Bonchev–Trinajstić information content (AvgIpc) is 2.25. The highest BCUT2D eigenvalue weighted by Gasteiger charge is 2.05. The number of methoxy groups -OCH3 is 1. The third kappa shape index (κ3) is 3.63. The first-order chi connectivity index (χ1) is 7.17. The molecule has 1 rings (SSSR count). The van der Waals surface area contributed by atoms with Crippen LogP contribution in [0.15, 0.2) is 18.2 Å². The van der Waals surface area contributed by atoms with Crippen LogP contribution in [0, 0.1) is 5.92 Å². The predicted molar refractivity (Wildman–Crippen MR) is 62.9 cm³/mol. The maximum atomic E-state index is 5.82. The van der Waals surface area contributed by atoms with Crippen molar-refractivity contribution < 1.29 is 9.47 Å². The Balaban J connectivity index is 2.81. The number of rotatable bonds is 5. The first-order valence-electron chi connectivity index (χ1n) is 5.03. The molecule has 0 fully saturated rings. The molecule has 0 amide bonds. The van der Waals surface area contributed by atoms with E-state index in [-0.39, 0.29) is 0 Å². The summed E-state index contributed by atoms with van der Waals surface area (Å²) in [5.41, 5.74) is 0.998. The smallest absolute Gasteiger partial charge is 0.127 e. The number of halogens is 1. The quantitative estimate of drug-likeness (QED) is 0.719. The van der Waals surface area contributed by atoms with Gasteiger partial charge in [-0.05, 0) is 12.0 Å². The molecular formula is C12H17ClO2. The summed E-state index contributed by atoms with van der Waals surface area (Å²) in [6.45, 7) is 4.91. The maximum Gasteiger partial charge on any atom is 0.127 e. The lowest BCUT2D eigenvalue weighted by Gasteiger charge is -2.13. The Labute approximate surface area is 96.2 Å². The molecule has 1 aromatic rings. The first kappa shape index (κ1) is 12.2. The molecule has 0 aliphatic carbocycles. The zero-order chi connectivity index (χ0) is 11.3. The number of hydrogen-bond acceptors (Lipinski definition) is 2. The Morgan fingerprint density at radius 1 is 1.33 bits per heavy atom. The summed E-state index contributed by atoms with van der Waals surface area (Å²) < 4.78 is 10.8. The predicted octanol–water partition coefficient (Wildman–Crippen LogP) is 3.47. The van der Waals surface area contributed by atoms with Crippen molar-refractivity contribution >= 4 is 11.6 Å². The van der Waals surface area contributed by atoms with Gasteiger partial charge in [-0.25, -0.2) is 0 Å². The minimum Gasteiger partial charge on any atom is -0.497 e. The molecular weight excluding hydrogens is 212 g/mol. The van der Waals surface area contributed by atoms with Crippen LogP contribution in [0.2, 0.25) is 0 Å². The van der Waals surface area contributed by atoms with E-state index in [0.717, 1.165) is 17.1 Å². The molecule has 84 valence electrons. The van der Waals surface area contributed by atoms with Gasteiger partial charge in [0.05, 0.1) is 19.6 Å². The highest BCUT2D eigenvalue weighted by molar-refractivity contribution is 6.17. The van der Waals surface area contributed by atoms with Gasteiger partial charge in [0, 0.05) is 11.6 Å². The van der Waals surface area contributed by atoms with Crippen LogP contribution in [0.5, 0.6) is 11.5 Å². The molecule has 0 heterocycles. The summed E-state index contributed by atoms with van der Waals surface area (Å²) >= 11 is 5.82. The second-order valence-corrected chi connectivity index (χ2v) is 4.08. The van der Waals surface area contributed by atoms with E-state index >= 15 is 0 Å². The van der Waals surface area contributed by atoms with Gasteiger partial charge in [-0.2, -0.15) is 0 Å². The van der Waals surface area contributed by atoms with Gasteiger partial charge in [-0.3, -0.25) is 0 Å². The monoisotopic (exact) mass is 228 g/mol. The lowest BCUT2D eigenvalue weighted by atomic mass is 10.2. The van der Waals surface area contributed by atoms with Gasteiger partial charge in [-0.1, -0.05) is 19.9 Å². The van der Waals surface area contributed by atoms with Gasteiger partial charge in [0.1, 0.15) is 11.5 Å². The lowest BCUT2D eigenvalue weighted by molar-refractivity contribution is 0.267. The number of hydrogen-bond donors (Lipinski definition) is 0. The zero-order valence-electron chi connectivity index (χ0n) is 9.42. The van der Waals surface area contributed by atoms with Crippen molar-refractivity contribution in [2.75, 3.05) is 13.7 Å². The number of benzene rings is 1. The average molecular weight is 229 g/mol.